The molecule has 5 nitrogen and oxygen atoms in total. The lowest BCUT2D eigenvalue weighted by atomic mass is 9.89. The van der Waals surface area contributed by atoms with Crippen molar-refractivity contribution in [2.45, 2.75) is 52.2 Å². The van der Waals surface area contributed by atoms with E-state index in [1.165, 1.54) is 32.1 Å². The molecule has 1 heterocycles. The summed E-state index contributed by atoms with van der Waals surface area (Å²) < 4.78 is 7.75. The van der Waals surface area contributed by atoms with Crippen molar-refractivity contribution in [1.29, 1.82) is 0 Å². The topological polar surface area (TPSA) is 57.0 Å². The first-order valence-corrected chi connectivity index (χ1v) is 8.33. The molecular weight excluding hydrogens is 290 g/mol. The van der Waals surface area contributed by atoms with Crippen LogP contribution in [0.1, 0.15) is 55.2 Å². The number of Topliss-reactive ketones (excluding diaryl/α,β-unsaturated/α-hetero) is 1. The molecule has 2 aromatic rings. The van der Waals surface area contributed by atoms with E-state index in [-0.39, 0.29) is 5.78 Å². The lowest BCUT2D eigenvalue weighted by molar-refractivity contribution is 0.101. The Kier molecular flexibility index (Phi) is 5.05. The number of ketones is 1. The van der Waals surface area contributed by atoms with Crippen LogP contribution in [0.15, 0.2) is 30.6 Å². The zero-order valence-electron chi connectivity index (χ0n) is 13.6. The van der Waals surface area contributed by atoms with Gasteiger partial charge in [-0.2, -0.15) is 5.10 Å². The largest absolute Gasteiger partial charge is 0.486 e. The molecule has 3 rings (SSSR count). The zero-order chi connectivity index (χ0) is 16.1. The molecule has 0 aliphatic heterocycles. The second-order valence-corrected chi connectivity index (χ2v) is 6.23. The summed E-state index contributed by atoms with van der Waals surface area (Å²) in [7, 11) is 0. The lowest BCUT2D eigenvalue weighted by Crippen LogP contribution is -2.18. The van der Waals surface area contributed by atoms with E-state index in [2.05, 4.69) is 10.1 Å². The van der Waals surface area contributed by atoms with E-state index in [0.29, 0.717) is 18.1 Å². The van der Waals surface area contributed by atoms with Crippen LogP contribution in [0.4, 0.5) is 0 Å². The van der Waals surface area contributed by atoms with Crippen molar-refractivity contribution in [2.24, 2.45) is 5.92 Å². The fraction of sp³-hybridized carbons (Fsp3) is 0.500. The molecule has 0 saturated heterocycles. The average molecular weight is 313 g/mol. The smallest absolute Gasteiger partial charge is 0.164 e. The van der Waals surface area contributed by atoms with Gasteiger partial charge in [0.2, 0.25) is 0 Å². The van der Waals surface area contributed by atoms with Gasteiger partial charge in [-0.3, -0.25) is 4.79 Å². The first-order chi connectivity index (χ1) is 11.2. The number of ether oxygens (including phenoxy) is 1. The molecule has 0 unspecified atom stereocenters. The molecule has 23 heavy (non-hydrogen) atoms. The van der Waals surface area contributed by atoms with Crippen molar-refractivity contribution in [3.8, 4) is 5.75 Å². The maximum Gasteiger partial charge on any atom is 0.164 e. The molecule has 0 N–H and O–H groups in total. The van der Waals surface area contributed by atoms with Gasteiger partial charge in [0, 0.05) is 12.1 Å². The summed E-state index contributed by atoms with van der Waals surface area (Å²) >= 11 is 0. The summed E-state index contributed by atoms with van der Waals surface area (Å²) in [5.41, 5.74) is 0.692. The maximum atomic E-state index is 11.3. The van der Waals surface area contributed by atoms with Crippen LogP contribution in [0.25, 0.3) is 0 Å². The molecule has 1 aromatic heterocycles. The number of carbonyl (C=O) groups is 1. The van der Waals surface area contributed by atoms with Crippen molar-refractivity contribution in [3.63, 3.8) is 0 Å². The van der Waals surface area contributed by atoms with Crippen LogP contribution >= 0.6 is 0 Å². The maximum absolute atomic E-state index is 11.3. The molecule has 5 heteroatoms. The average Bonchev–Trinajstić information content (AvgIpc) is 3.01. The molecule has 122 valence electrons. The Morgan fingerprint density at radius 3 is 2.65 bits per heavy atom. The van der Waals surface area contributed by atoms with E-state index in [1.54, 1.807) is 25.4 Å². The second kappa shape index (κ2) is 7.40. The summed E-state index contributed by atoms with van der Waals surface area (Å²) in [4.78, 5) is 15.6. The Hall–Kier alpha value is -2.17. The summed E-state index contributed by atoms with van der Waals surface area (Å²) in [6, 6.07) is 7.20. The molecule has 0 bridgehead atoms. The molecule has 0 spiro atoms. The molecule has 0 radical (unpaired) electrons. The highest BCUT2D eigenvalue weighted by Gasteiger charge is 2.16. The minimum absolute atomic E-state index is 0.0591. The Morgan fingerprint density at radius 2 is 1.96 bits per heavy atom. The Balaban J connectivity index is 1.58. The fourth-order valence-corrected chi connectivity index (χ4v) is 3.10. The number of benzene rings is 1. The van der Waals surface area contributed by atoms with Crippen molar-refractivity contribution < 1.29 is 9.53 Å². The van der Waals surface area contributed by atoms with Crippen molar-refractivity contribution in [2.75, 3.05) is 0 Å². The Morgan fingerprint density at radius 1 is 1.22 bits per heavy atom. The highest BCUT2D eigenvalue weighted by Crippen LogP contribution is 2.25. The zero-order valence-corrected chi connectivity index (χ0v) is 13.6. The molecule has 1 saturated carbocycles. The summed E-state index contributed by atoms with van der Waals surface area (Å²) in [5.74, 6) is 2.36. The minimum atomic E-state index is 0.0591. The molecular formula is C18H23N3O2. The van der Waals surface area contributed by atoms with Crippen LogP contribution in [0.2, 0.25) is 0 Å². The van der Waals surface area contributed by atoms with E-state index in [0.717, 1.165) is 18.1 Å². The van der Waals surface area contributed by atoms with E-state index in [1.807, 2.05) is 16.8 Å². The van der Waals surface area contributed by atoms with Gasteiger partial charge in [0.1, 0.15) is 18.7 Å². The number of hydrogen-bond donors (Lipinski definition) is 0. The van der Waals surface area contributed by atoms with Gasteiger partial charge < -0.3 is 4.74 Å². The molecule has 1 aliphatic carbocycles. The van der Waals surface area contributed by atoms with Gasteiger partial charge in [-0.25, -0.2) is 9.67 Å². The summed E-state index contributed by atoms with van der Waals surface area (Å²) in [6.45, 7) is 2.89. The minimum Gasteiger partial charge on any atom is -0.486 e. The molecule has 1 aliphatic rings. The second-order valence-electron chi connectivity index (χ2n) is 6.23. The van der Waals surface area contributed by atoms with Gasteiger partial charge >= 0.3 is 0 Å². The third-order valence-corrected chi connectivity index (χ3v) is 4.48. The van der Waals surface area contributed by atoms with Gasteiger partial charge in [0.05, 0.1) is 0 Å². The Labute approximate surface area is 136 Å². The number of aromatic nitrogens is 3. The van der Waals surface area contributed by atoms with E-state index >= 15 is 0 Å². The fourth-order valence-electron chi connectivity index (χ4n) is 3.10. The third-order valence-electron chi connectivity index (χ3n) is 4.48. The van der Waals surface area contributed by atoms with Gasteiger partial charge in [-0.1, -0.05) is 19.3 Å². The number of rotatable bonds is 6. The number of nitrogens with zero attached hydrogens (tertiary/aromatic N) is 3. The van der Waals surface area contributed by atoms with Crippen LogP contribution in [-0.2, 0) is 13.2 Å². The first-order valence-electron chi connectivity index (χ1n) is 8.33. The normalized spacial score (nSPS) is 15.5. The summed E-state index contributed by atoms with van der Waals surface area (Å²) in [6.07, 6.45) is 8.18. The van der Waals surface area contributed by atoms with Crippen molar-refractivity contribution >= 4 is 5.78 Å². The van der Waals surface area contributed by atoms with Gasteiger partial charge in [-0.05, 0) is 49.9 Å². The number of carbonyl (C=O) groups excluding carboxylic acids is 1. The highest BCUT2D eigenvalue weighted by atomic mass is 16.5. The quantitative estimate of drug-likeness (QED) is 0.764. The standard InChI is InChI=1S/C18H23N3O2/c1-14(22)16-7-9-17(10-8-16)23-12-18-19-13-20-21(18)11-15-5-3-2-4-6-15/h7-10,13,15H,2-6,11-12H2,1H3. The predicted molar refractivity (Wildman–Crippen MR) is 87.4 cm³/mol. The predicted octanol–water partition coefficient (Wildman–Crippen LogP) is 3.64. The van der Waals surface area contributed by atoms with E-state index in [4.69, 9.17) is 4.74 Å². The van der Waals surface area contributed by atoms with E-state index < -0.39 is 0 Å². The van der Waals surface area contributed by atoms with Gasteiger partial charge in [-0.15, -0.1) is 0 Å². The van der Waals surface area contributed by atoms with Crippen LogP contribution < -0.4 is 4.74 Å². The van der Waals surface area contributed by atoms with Crippen molar-refractivity contribution in [3.05, 3.63) is 42.0 Å². The van der Waals surface area contributed by atoms with Crippen LogP contribution in [-0.4, -0.2) is 20.5 Å². The van der Waals surface area contributed by atoms with Crippen LogP contribution in [0.5, 0.6) is 5.75 Å². The molecule has 0 atom stereocenters. The lowest BCUT2D eigenvalue weighted by Gasteiger charge is -2.21. The Bertz CT molecular complexity index is 643. The highest BCUT2D eigenvalue weighted by molar-refractivity contribution is 5.94. The van der Waals surface area contributed by atoms with Gasteiger partial charge in [0.25, 0.3) is 0 Å². The van der Waals surface area contributed by atoms with Crippen molar-refractivity contribution in [1.82, 2.24) is 14.8 Å². The molecule has 1 fully saturated rings. The SMILES string of the molecule is CC(=O)c1ccc(OCc2ncnn2CC2CCCCC2)cc1. The van der Waals surface area contributed by atoms with Gasteiger partial charge in [0.15, 0.2) is 11.6 Å². The van der Waals surface area contributed by atoms with E-state index in [9.17, 15) is 4.79 Å². The first kappa shape index (κ1) is 15.7. The summed E-state index contributed by atoms with van der Waals surface area (Å²) in [5, 5.41) is 4.34. The molecule has 1 aromatic carbocycles. The third kappa shape index (κ3) is 4.18. The van der Waals surface area contributed by atoms with Crippen LogP contribution in [0, 0.1) is 5.92 Å². The molecule has 0 amide bonds. The van der Waals surface area contributed by atoms with Crippen LogP contribution in [0.3, 0.4) is 0 Å². The number of hydrogen-bond acceptors (Lipinski definition) is 4. The monoisotopic (exact) mass is 313 g/mol.